The van der Waals surface area contributed by atoms with Crippen molar-refractivity contribution in [2.24, 2.45) is 10.9 Å². The molecule has 168 valence electrons. The molecule has 2 aliphatic heterocycles. The molecule has 2 aromatic rings. The molecule has 2 atom stereocenters. The summed E-state index contributed by atoms with van der Waals surface area (Å²) in [6.07, 6.45) is -1.04. The third-order valence-electron chi connectivity index (χ3n) is 4.72. The first-order valence-electron chi connectivity index (χ1n) is 9.23. The Balaban J connectivity index is 1.53. The minimum atomic E-state index is -3.81. The van der Waals surface area contributed by atoms with Crippen molar-refractivity contribution in [2.75, 3.05) is 0 Å². The van der Waals surface area contributed by atoms with Gasteiger partial charge in [0, 0.05) is 18.0 Å². The Labute approximate surface area is 189 Å². The number of aliphatic imine (C=N–C) groups is 1. The van der Waals surface area contributed by atoms with E-state index in [1.807, 2.05) is 0 Å². The fourth-order valence-corrected chi connectivity index (χ4v) is 3.35. The molecule has 4 rings (SSSR count). The van der Waals surface area contributed by atoms with Crippen LogP contribution in [0.25, 0.3) is 0 Å². The molecule has 0 bridgehead atoms. The molecule has 1 N–H and O–H groups in total. The summed E-state index contributed by atoms with van der Waals surface area (Å²) in [7, 11) is 0. The number of aliphatic carboxylic acids is 1. The predicted molar refractivity (Wildman–Crippen MR) is 108 cm³/mol. The molecule has 1 aromatic heterocycles. The van der Waals surface area contributed by atoms with Crippen LogP contribution in [-0.2, 0) is 9.59 Å². The van der Waals surface area contributed by atoms with Gasteiger partial charge in [0.15, 0.2) is 17.5 Å². The van der Waals surface area contributed by atoms with Crippen LogP contribution in [0.1, 0.15) is 18.1 Å². The first-order chi connectivity index (χ1) is 15.6. The standard InChI is InChI=1S/C21H12ClF2N3O6/c1-10(12-3-5-15-16(7-12)33-21(23,24)32-15)26-20(31)27-17(19(29)30)14(18(27)28)4-2-11-6-13(22)9-25-8-11/h3,5-9,14,17H,1H3,(H,29,30)/t14-,17+/m1/s1. The lowest BCUT2D eigenvalue weighted by atomic mass is 9.88. The van der Waals surface area contributed by atoms with E-state index in [1.165, 1.54) is 43.6 Å². The van der Waals surface area contributed by atoms with E-state index >= 15 is 0 Å². The van der Waals surface area contributed by atoms with E-state index in [0.29, 0.717) is 15.5 Å². The molecule has 3 heterocycles. The van der Waals surface area contributed by atoms with E-state index in [-0.39, 0.29) is 22.8 Å². The Hall–Kier alpha value is -4.04. The second-order valence-corrected chi connectivity index (χ2v) is 7.38. The summed E-state index contributed by atoms with van der Waals surface area (Å²) in [5, 5.41) is 9.80. The number of carbonyl (C=O) groups excluding carboxylic acids is 2. The summed E-state index contributed by atoms with van der Waals surface area (Å²) in [6.45, 7) is 1.39. The maximum absolute atomic E-state index is 13.2. The zero-order chi connectivity index (χ0) is 23.9. The number of ether oxygens (including phenoxy) is 2. The molecule has 0 saturated carbocycles. The number of carbonyl (C=O) groups is 3. The fourth-order valence-electron chi connectivity index (χ4n) is 3.17. The van der Waals surface area contributed by atoms with Crippen molar-refractivity contribution in [2.45, 2.75) is 19.3 Å². The number of carboxylic acids is 1. The summed E-state index contributed by atoms with van der Waals surface area (Å²) >= 11 is 5.81. The van der Waals surface area contributed by atoms with Crippen molar-refractivity contribution in [1.82, 2.24) is 9.88 Å². The Morgan fingerprint density at radius 1 is 1.24 bits per heavy atom. The molecule has 0 radical (unpaired) electrons. The zero-order valence-corrected chi connectivity index (χ0v) is 17.3. The Bertz CT molecular complexity index is 1290. The van der Waals surface area contributed by atoms with Crippen molar-refractivity contribution in [1.29, 1.82) is 0 Å². The normalized spacial score (nSPS) is 20.5. The number of nitrogens with zero attached hydrogens (tertiary/aromatic N) is 3. The van der Waals surface area contributed by atoms with Gasteiger partial charge in [0.1, 0.15) is 5.92 Å². The maximum Gasteiger partial charge on any atom is 0.586 e. The van der Waals surface area contributed by atoms with Crippen molar-refractivity contribution >= 4 is 35.2 Å². The SMILES string of the molecule is CC(=NC(=O)N1C(=O)[C@H](C#Cc2cncc(Cl)c2)[C@H]1C(=O)O)c1ccc2c(c1)OC(F)(F)O2. The van der Waals surface area contributed by atoms with Crippen LogP contribution in [0.4, 0.5) is 13.6 Å². The molecule has 12 heteroatoms. The van der Waals surface area contributed by atoms with Crippen LogP contribution in [0.15, 0.2) is 41.7 Å². The lowest BCUT2D eigenvalue weighted by Gasteiger charge is -2.39. The molecule has 1 aromatic carbocycles. The van der Waals surface area contributed by atoms with E-state index in [0.717, 1.165) is 0 Å². The monoisotopic (exact) mass is 475 g/mol. The van der Waals surface area contributed by atoms with Gasteiger partial charge in [-0.2, -0.15) is 4.99 Å². The lowest BCUT2D eigenvalue weighted by molar-refractivity contribution is -0.286. The number of carboxylic acid groups (broad SMARTS) is 1. The van der Waals surface area contributed by atoms with Crippen LogP contribution in [0.2, 0.25) is 5.02 Å². The molecule has 3 amide bonds. The molecule has 33 heavy (non-hydrogen) atoms. The average Bonchev–Trinajstić information content (AvgIpc) is 3.04. The molecule has 1 fully saturated rings. The zero-order valence-electron chi connectivity index (χ0n) is 16.6. The van der Waals surface area contributed by atoms with Gasteiger partial charge in [-0.1, -0.05) is 23.4 Å². The molecular weight excluding hydrogens is 464 g/mol. The highest BCUT2D eigenvalue weighted by Crippen LogP contribution is 2.41. The van der Waals surface area contributed by atoms with Gasteiger partial charge in [0.25, 0.3) is 0 Å². The number of β-lactam (4-membered cyclic amide) rings is 1. The average molecular weight is 476 g/mol. The highest BCUT2D eigenvalue weighted by Gasteiger charge is 2.54. The van der Waals surface area contributed by atoms with Crippen LogP contribution in [0.5, 0.6) is 11.5 Å². The number of urea groups is 1. The van der Waals surface area contributed by atoms with Gasteiger partial charge in [-0.3, -0.25) is 9.78 Å². The van der Waals surface area contributed by atoms with E-state index < -0.39 is 36.2 Å². The van der Waals surface area contributed by atoms with Gasteiger partial charge in [-0.05, 0) is 36.8 Å². The van der Waals surface area contributed by atoms with Crippen molar-refractivity contribution in [3.8, 4) is 23.3 Å². The minimum Gasteiger partial charge on any atom is -0.480 e. The van der Waals surface area contributed by atoms with E-state index in [1.54, 1.807) is 0 Å². The summed E-state index contributed by atoms with van der Waals surface area (Å²) in [4.78, 5) is 44.7. The number of hydrogen-bond donors (Lipinski definition) is 1. The molecule has 0 aliphatic carbocycles. The van der Waals surface area contributed by atoms with Gasteiger partial charge in [0.05, 0.1) is 10.7 Å². The van der Waals surface area contributed by atoms with Crippen molar-refractivity contribution < 1.29 is 37.7 Å². The van der Waals surface area contributed by atoms with Crippen LogP contribution >= 0.6 is 11.6 Å². The number of alkyl halides is 2. The second-order valence-electron chi connectivity index (χ2n) is 6.94. The third-order valence-corrected chi connectivity index (χ3v) is 4.92. The van der Waals surface area contributed by atoms with E-state index in [2.05, 4.69) is 31.3 Å². The highest BCUT2D eigenvalue weighted by atomic mass is 35.5. The van der Waals surface area contributed by atoms with Crippen LogP contribution in [0, 0.1) is 17.8 Å². The second kappa shape index (κ2) is 8.14. The van der Waals surface area contributed by atoms with Gasteiger partial charge < -0.3 is 14.6 Å². The number of benzene rings is 1. The summed E-state index contributed by atoms with van der Waals surface area (Å²) < 4.78 is 35.0. The largest absolute Gasteiger partial charge is 0.586 e. The van der Waals surface area contributed by atoms with Crippen molar-refractivity contribution in [3.63, 3.8) is 0 Å². The number of pyridine rings is 1. The molecule has 2 aliphatic rings. The van der Waals surface area contributed by atoms with E-state index in [9.17, 15) is 28.3 Å². The number of imide groups is 1. The topological polar surface area (TPSA) is 118 Å². The Morgan fingerprint density at radius 2 is 1.97 bits per heavy atom. The summed E-state index contributed by atoms with van der Waals surface area (Å²) in [5.74, 6) is 1.15. The number of fused-ring (bicyclic) bond motifs is 1. The van der Waals surface area contributed by atoms with E-state index in [4.69, 9.17) is 11.6 Å². The molecule has 9 nitrogen and oxygen atoms in total. The predicted octanol–water partition coefficient (Wildman–Crippen LogP) is 2.95. The smallest absolute Gasteiger partial charge is 0.480 e. The first kappa shape index (κ1) is 22.2. The number of rotatable bonds is 2. The number of amides is 3. The Morgan fingerprint density at radius 3 is 2.67 bits per heavy atom. The number of likely N-dealkylation sites (tertiary alicyclic amines) is 1. The number of aromatic nitrogens is 1. The quantitative estimate of drug-likeness (QED) is 0.403. The van der Waals surface area contributed by atoms with Crippen LogP contribution in [0.3, 0.4) is 0 Å². The molecule has 1 saturated heterocycles. The third kappa shape index (κ3) is 4.33. The maximum atomic E-state index is 13.2. The number of halogens is 3. The van der Waals surface area contributed by atoms with Crippen molar-refractivity contribution in [3.05, 3.63) is 52.8 Å². The highest BCUT2D eigenvalue weighted by molar-refractivity contribution is 6.30. The molecular formula is C21H12ClF2N3O6. The Kier molecular flexibility index (Phi) is 5.47. The lowest BCUT2D eigenvalue weighted by Crippen LogP contribution is -2.65. The minimum absolute atomic E-state index is 0.0399. The molecule has 0 spiro atoms. The summed E-state index contributed by atoms with van der Waals surface area (Å²) in [6, 6.07) is 2.56. The van der Waals surface area contributed by atoms with Crippen LogP contribution < -0.4 is 9.47 Å². The summed E-state index contributed by atoms with van der Waals surface area (Å²) in [5.41, 5.74) is 0.637. The first-order valence-corrected chi connectivity index (χ1v) is 9.61. The molecule has 0 unspecified atom stereocenters. The number of hydrogen-bond acceptors (Lipinski definition) is 6. The van der Waals surface area contributed by atoms with Gasteiger partial charge in [-0.25, -0.2) is 14.5 Å². The van der Waals surface area contributed by atoms with Gasteiger partial charge in [-0.15, -0.1) is 8.78 Å². The fraction of sp³-hybridized carbons (Fsp3) is 0.190. The van der Waals surface area contributed by atoms with Gasteiger partial charge >= 0.3 is 18.3 Å². The van der Waals surface area contributed by atoms with Gasteiger partial charge in [0.2, 0.25) is 5.91 Å². The van der Waals surface area contributed by atoms with Crippen LogP contribution in [-0.4, -0.2) is 50.9 Å².